The van der Waals surface area contributed by atoms with Crippen LogP contribution >= 0.6 is 24.0 Å². The molecule has 2 aliphatic carbocycles. The molecule has 33 heavy (non-hydrogen) atoms. The van der Waals surface area contributed by atoms with E-state index in [1.165, 1.54) is 5.56 Å². The van der Waals surface area contributed by atoms with Crippen LogP contribution in [0.4, 0.5) is 13.2 Å². The quantitative estimate of drug-likeness (QED) is 0.589. The molecule has 0 unspecified atom stereocenters. The molecular formula is C24H29Cl2F3N4. The Balaban J connectivity index is 0.00000259. The average molecular weight is 501 g/mol. The molecule has 3 aliphatic rings. The molecule has 0 atom stereocenters. The first-order valence-corrected chi connectivity index (χ1v) is 11.8. The minimum Gasteiger partial charge on any atom is -0.330 e. The number of aromatic nitrogens is 2. The van der Waals surface area contributed by atoms with Crippen LogP contribution in [-0.2, 0) is 24.6 Å². The first kappa shape index (κ1) is 24.7. The van der Waals surface area contributed by atoms with Gasteiger partial charge in [0.05, 0.1) is 5.69 Å². The molecule has 1 aromatic heterocycles. The molecule has 2 N–H and O–H groups in total. The Morgan fingerprint density at radius 3 is 2.45 bits per heavy atom. The van der Waals surface area contributed by atoms with Crippen LogP contribution in [-0.4, -0.2) is 34.0 Å². The van der Waals surface area contributed by atoms with Gasteiger partial charge in [0, 0.05) is 47.6 Å². The van der Waals surface area contributed by atoms with Crippen LogP contribution in [0.15, 0.2) is 24.3 Å². The Labute approximate surface area is 203 Å². The highest BCUT2D eigenvalue weighted by atomic mass is 35.5. The summed E-state index contributed by atoms with van der Waals surface area (Å²) in [7, 11) is 0. The van der Waals surface area contributed by atoms with Gasteiger partial charge in [0.1, 0.15) is 5.82 Å². The number of nitrogens with zero attached hydrogens (tertiary/aromatic N) is 3. The topological polar surface area (TPSA) is 55.0 Å². The van der Waals surface area contributed by atoms with E-state index in [1.807, 2.05) is 18.2 Å². The second-order valence-electron chi connectivity index (χ2n) is 9.57. The normalized spacial score (nSPS) is 25.9. The molecule has 4 nitrogen and oxygen atoms in total. The lowest BCUT2D eigenvalue weighted by atomic mass is 9.68. The van der Waals surface area contributed by atoms with Gasteiger partial charge in [0.25, 0.3) is 0 Å². The Morgan fingerprint density at radius 1 is 1.12 bits per heavy atom. The fraction of sp³-hybridized carbons (Fsp3) is 0.583. The Kier molecular flexibility index (Phi) is 6.98. The van der Waals surface area contributed by atoms with Crippen LogP contribution in [0.3, 0.4) is 0 Å². The molecule has 5 rings (SSSR count). The van der Waals surface area contributed by atoms with Gasteiger partial charge in [-0.1, -0.05) is 23.7 Å². The van der Waals surface area contributed by atoms with Crippen LogP contribution in [0.1, 0.15) is 72.8 Å². The summed E-state index contributed by atoms with van der Waals surface area (Å²) in [6.07, 6.45) is 1.51. The lowest BCUT2D eigenvalue weighted by Gasteiger charge is -2.44. The summed E-state index contributed by atoms with van der Waals surface area (Å²) in [5, 5.41) is 0.719. The number of nitrogens with two attached hydrogens (primary N) is 1. The van der Waals surface area contributed by atoms with Crippen LogP contribution in [0.2, 0.25) is 5.02 Å². The van der Waals surface area contributed by atoms with E-state index in [9.17, 15) is 13.2 Å². The predicted molar refractivity (Wildman–Crippen MR) is 125 cm³/mol. The smallest absolute Gasteiger partial charge is 0.330 e. The lowest BCUT2D eigenvalue weighted by Crippen LogP contribution is -2.47. The second kappa shape index (κ2) is 9.33. The number of alkyl halides is 3. The number of halogens is 5. The third-order valence-corrected chi connectivity index (χ3v) is 7.81. The van der Waals surface area contributed by atoms with Crippen LogP contribution in [0, 0.1) is 0 Å². The van der Waals surface area contributed by atoms with Gasteiger partial charge >= 0.3 is 6.18 Å². The molecule has 1 aromatic carbocycles. The van der Waals surface area contributed by atoms with Crippen LogP contribution in [0.5, 0.6) is 0 Å². The van der Waals surface area contributed by atoms with Crippen molar-refractivity contribution in [3.05, 3.63) is 57.6 Å². The van der Waals surface area contributed by atoms with E-state index in [0.717, 1.165) is 43.5 Å². The lowest BCUT2D eigenvalue weighted by molar-refractivity contribution is -0.142. The summed E-state index contributed by atoms with van der Waals surface area (Å²) >= 11 is 6.22. The van der Waals surface area contributed by atoms with Crippen molar-refractivity contribution >= 4 is 24.0 Å². The highest BCUT2D eigenvalue weighted by molar-refractivity contribution is 6.30. The number of fused-ring (bicyclic) bond motifs is 1. The van der Waals surface area contributed by atoms with Gasteiger partial charge in [0.15, 0.2) is 5.69 Å². The SMILES string of the molecule is Cl.NC[C@]1(c2cccc(Cl)c2)CC[C@H](N2CCc3c(nc(C4CC4)nc3C(F)(F)F)C2)CC1. The number of hydrogen-bond acceptors (Lipinski definition) is 4. The molecule has 1 aliphatic heterocycles. The molecule has 2 fully saturated rings. The van der Waals surface area contributed by atoms with Gasteiger partial charge in [-0.25, -0.2) is 9.97 Å². The third kappa shape index (κ3) is 4.88. The average Bonchev–Trinajstić information content (AvgIpc) is 3.63. The van der Waals surface area contributed by atoms with Crippen molar-refractivity contribution in [2.45, 2.75) is 75.0 Å². The van der Waals surface area contributed by atoms with E-state index in [-0.39, 0.29) is 23.7 Å². The summed E-state index contributed by atoms with van der Waals surface area (Å²) < 4.78 is 41.0. The van der Waals surface area contributed by atoms with Gasteiger partial charge in [-0.2, -0.15) is 13.2 Å². The van der Waals surface area contributed by atoms with E-state index in [0.29, 0.717) is 49.2 Å². The van der Waals surface area contributed by atoms with Gasteiger partial charge in [-0.05, 0) is 62.6 Å². The van der Waals surface area contributed by atoms with E-state index in [2.05, 4.69) is 20.9 Å². The molecular weight excluding hydrogens is 472 g/mol. The maximum atomic E-state index is 13.7. The fourth-order valence-electron chi connectivity index (χ4n) is 5.49. The molecule has 180 valence electrons. The Hall–Kier alpha value is -1.41. The zero-order valence-electron chi connectivity index (χ0n) is 18.4. The van der Waals surface area contributed by atoms with E-state index >= 15 is 0 Å². The summed E-state index contributed by atoms with van der Waals surface area (Å²) in [6.45, 7) is 1.65. The van der Waals surface area contributed by atoms with Crippen molar-refractivity contribution < 1.29 is 13.2 Å². The van der Waals surface area contributed by atoms with Gasteiger partial charge in [0.2, 0.25) is 0 Å². The number of benzene rings is 1. The highest BCUT2D eigenvalue weighted by Crippen LogP contribution is 2.44. The van der Waals surface area contributed by atoms with E-state index in [1.54, 1.807) is 0 Å². The maximum absolute atomic E-state index is 13.7. The van der Waals surface area contributed by atoms with Crippen molar-refractivity contribution in [1.82, 2.24) is 14.9 Å². The number of hydrogen-bond donors (Lipinski definition) is 1. The first-order chi connectivity index (χ1) is 15.3. The highest BCUT2D eigenvalue weighted by Gasteiger charge is 2.42. The first-order valence-electron chi connectivity index (χ1n) is 11.5. The standard InChI is InChI=1S/C24H28ClF3N4.ClH/c25-17-3-1-2-16(12-17)23(14-29)9-6-18(7-10-23)32-11-8-19-20(13-32)30-22(15-4-5-15)31-21(19)24(26,27)28;/h1-3,12,15,18H,4-11,13-14,29H2;1H/t18-,23-;. The molecule has 0 amide bonds. The summed E-state index contributed by atoms with van der Waals surface area (Å²) in [4.78, 5) is 10.9. The fourth-order valence-corrected chi connectivity index (χ4v) is 5.68. The van der Waals surface area contributed by atoms with E-state index < -0.39 is 11.9 Å². The largest absolute Gasteiger partial charge is 0.433 e. The third-order valence-electron chi connectivity index (χ3n) is 7.58. The summed E-state index contributed by atoms with van der Waals surface area (Å²) in [5.41, 5.74) is 7.50. The second-order valence-corrected chi connectivity index (χ2v) is 10.0. The maximum Gasteiger partial charge on any atom is 0.433 e. The molecule has 0 radical (unpaired) electrons. The van der Waals surface area contributed by atoms with Crippen molar-refractivity contribution in [2.75, 3.05) is 13.1 Å². The molecule has 2 heterocycles. The van der Waals surface area contributed by atoms with E-state index in [4.69, 9.17) is 17.3 Å². The monoisotopic (exact) mass is 500 g/mol. The molecule has 2 saturated carbocycles. The molecule has 0 bridgehead atoms. The van der Waals surface area contributed by atoms with Gasteiger partial charge in [-0.3, -0.25) is 4.90 Å². The molecule has 0 saturated heterocycles. The Morgan fingerprint density at radius 2 is 1.85 bits per heavy atom. The summed E-state index contributed by atoms with van der Waals surface area (Å²) in [5.74, 6) is 0.471. The minimum atomic E-state index is -4.43. The van der Waals surface area contributed by atoms with Crippen LogP contribution in [0.25, 0.3) is 0 Å². The molecule has 0 spiro atoms. The number of rotatable bonds is 4. The predicted octanol–water partition coefficient (Wildman–Crippen LogP) is 5.65. The molecule has 2 aromatic rings. The Bertz CT molecular complexity index is 1000. The van der Waals surface area contributed by atoms with Crippen molar-refractivity contribution in [2.24, 2.45) is 5.73 Å². The van der Waals surface area contributed by atoms with Gasteiger partial charge in [-0.15, -0.1) is 12.4 Å². The van der Waals surface area contributed by atoms with Crippen LogP contribution < -0.4 is 5.73 Å². The van der Waals surface area contributed by atoms with Crippen molar-refractivity contribution in [3.63, 3.8) is 0 Å². The summed E-state index contributed by atoms with van der Waals surface area (Å²) in [6, 6.07) is 8.29. The van der Waals surface area contributed by atoms with Gasteiger partial charge < -0.3 is 5.73 Å². The zero-order valence-corrected chi connectivity index (χ0v) is 19.9. The minimum absolute atomic E-state index is 0. The zero-order chi connectivity index (χ0) is 22.5. The molecule has 9 heteroatoms. The van der Waals surface area contributed by atoms with Crippen molar-refractivity contribution in [1.29, 1.82) is 0 Å². The van der Waals surface area contributed by atoms with Crippen molar-refractivity contribution in [3.8, 4) is 0 Å².